The standard InChI is InChI=1S/C16H28N6O2/c1-19-14(24)16(7-3-2-4-8-16)21-13(23)12(17)6-5-10-22-11-9-20-15(22)18/h9,11-12H,2-8,10,17H2,1H3,(H2,18,20)(H,19,24)(H,21,23)/t12-/m0/s1. The molecule has 6 N–H and O–H groups in total. The molecular formula is C16H28N6O2. The van der Waals surface area contributed by atoms with Gasteiger partial charge in [-0.15, -0.1) is 0 Å². The van der Waals surface area contributed by atoms with Crippen LogP contribution < -0.4 is 22.1 Å². The first kappa shape index (κ1) is 18.3. The lowest BCUT2D eigenvalue weighted by atomic mass is 9.80. The quantitative estimate of drug-likeness (QED) is 0.563. The van der Waals surface area contributed by atoms with Crippen molar-refractivity contribution in [3.63, 3.8) is 0 Å². The zero-order valence-electron chi connectivity index (χ0n) is 14.3. The van der Waals surface area contributed by atoms with Crippen LogP contribution in [0.2, 0.25) is 0 Å². The van der Waals surface area contributed by atoms with Crippen molar-refractivity contribution in [3.8, 4) is 0 Å². The average Bonchev–Trinajstić information content (AvgIpc) is 2.99. The first-order chi connectivity index (χ1) is 11.5. The van der Waals surface area contributed by atoms with Crippen LogP contribution in [-0.4, -0.2) is 40.0 Å². The number of aryl methyl sites for hydroxylation is 1. The largest absolute Gasteiger partial charge is 0.369 e. The zero-order chi connectivity index (χ0) is 17.6. The summed E-state index contributed by atoms with van der Waals surface area (Å²) in [5.74, 6) is 0.0573. The Kier molecular flexibility index (Phi) is 6.19. The maximum Gasteiger partial charge on any atom is 0.245 e. The van der Waals surface area contributed by atoms with Crippen LogP contribution in [0.5, 0.6) is 0 Å². The number of carbonyl (C=O) groups excluding carboxylic acids is 2. The Hall–Kier alpha value is -2.09. The summed E-state index contributed by atoms with van der Waals surface area (Å²) in [6, 6.07) is -0.641. The van der Waals surface area contributed by atoms with Gasteiger partial charge in [0.05, 0.1) is 6.04 Å². The van der Waals surface area contributed by atoms with Gasteiger partial charge in [0.25, 0.3) is 0 Å². The minimum atomic E-state index is -0.809. The Morgan fingerprint density at radius 3 is 2.67 bits per heavy atom. The summed E-state index contributed by atoms with van der Waals surface area (Å²) in [6.07, 6.45) is 8.95. The Bertz CT molecular complexity index is 565. The van der Waals surface area contributed by atoms with E-state index in [9.17, 15) is 9.59 Å². The molecule has 0 radical (unpaired) electrons. The number of aromatic nitrogens is 2. The van der Waals surface area contributed by atoms with Crippen molar-refractivity contribution in [1.82, 2.24) is 20.2 Å². The first-order valence-corrected chi connectivity index (χ1v) is 8.55. The SMILES string of the molecule is CNC(=O)C1(NC(=O)[C@@H](N)CCCn2ccnc2N)CCCCC1. The van der Waals surface area contributed by atoms with E-state index in [-0.39, 0.29) is 11.8 Å². The fraction of sp³-hybridized carbons (Fsp3) is 0.688. The summed E-state index contributed by atoms with van der Waals surface area (Å²) in [4.78, 5) is 28.6. The number of anilines is 1. The highest BCUT2D eigenvalue weighted by molar-refractivity contribution is 5.93. The van der Waals surface area contributed by atoms with Gasteiger partial charge in [-0.1, -0.05) is 19.3 Å². The molecule has 1 heterocycles. The first-order valence-electron chi connectivity index (χ1n) is 8.55. The van der Waals surface area contributed by atoms with Crippen molar-refractivity contribution in [1.29, 1.82) is 0 Å². The average molecular weight is 336 g/mol. The van der Waals surface area contributed by atoms with Crippen LogP contribution in [0, 0.1) is 0 Å². The third-order valence-electron chi connectivity index (χ3n) is 4.73. The zero-order valence-corrected chi connectivity index (χ0v) is 14.3. The molecule has 0 spiro atoms. The van der Waals surface area contributed by atoms with Crippen LogP contribution in [-0.2, 0) is 16.1 Å². The van der Waals surface area contributed by atoms with E-state index in [4.69, 9.17) is 11.5 Å². The number of imidazole rings is 1. The van der Waals surface area contributed by atoms with Crippen LogP contribution in [0.4, 0.5) is 5.95 Å². The normalized spacial score (nSPS) is 17.9. The van der Waals surface area contributed by atoms with Crippen LogP contribution in [0.1, 0.15) is 44.9 Å². The molecule has 1 atom stereocenters. The molecule has 2 amide bonds. The highest BCUT2D eigenvalue weighted by Gasteiger charge is 2.40. The summed E-state index contributed by atoms with van der Waals surface area (Å²) >= 11 is 0. The highest BCUT2D eigenvalue weighted by Crippen LogP contribution is 2.28. The van der Waals surface area contributed by atoms with Crippen molar-refractivity contribution in [2.45, 2.75) is 63.1 Å². The third kappa shape index (κ3) is 4.25. The lowest BCUT2D eigenvalue weighted by Crippen LogP contribution is -2.61. The van der Waals surface area contributed by atoms with E-state index in [2.05, 4.69) is 15.6 Å². The summed E-state index contributed by atoms with van der Waals surface area (Å²) in [5.41, 5.74) is 10.9. The van der Waals surface area contributed by atoms with Gasteiger partial charge in [0.2, 0.25) is 11.8 Å². The van der Waals surface area contributed by atoms with Gasteiger partial charge < -0.3 is 26.7 Å². The van der Waals surface area contributed by atoms with Crippen molar-refractivity contribution < 1.29 is 9.59 Å². The van der Waals surface area contributed by atoms with Gasteiger partial charge in [-0.25, -0.2) is 4.98 Å². The van der Waals surface area contributed by atoms with Crippen molar-refractivity contribution >= 4 is 17.8 Å². The summed E-state index contributed by atoms with van der Waals surface area (Å²) in [5, 5.41) is 5.59. The fourth-order valence-corrected chi connectivity index (χ4v) is 3.27. The Morgan fingerprint density at radius 1 is 1.38 bits per heavy atom. The van der Waals surface area contributed by atoms with E-state index in [1.165, 1.54) is 0 Å². The predicted octanol–water partition coefficient (Wildman–Crippen LogP) is 0.138. The van der Waals surface area contributed by atoms with Crippen LogP contribution in [0.3, 0.4) is 0 Å². The summed E-state index contributed by atoms with van der Waals surface area (Å²) in [6.45, 7) is 0.660. The van der Waals surface area contributed by atoms with Crippen LogP contribution >= 0.6 is 0 Å². The van der Waals surface area contributed by atoms with Gasteiger partial charge in [0.1, 0.15) is 5.54 Å². The Balaban J connectivity index is 1.87. The van der Waals surface area contributed by atoms with Gasteiger partial charge in [-0.3, -0.25) is 9.59 Å². The molecule has 0 saturated heterocycles. The van der Waals surface area contributed by atoms with E-state index in [1.807, 2.05) is 4.57 Å². The number of hydrogen-bond donors (Lipinski definition) is 4. The molecule has 8 nitrogen and oxygen atoms in total. The van der Waals surface area contributed by atoms with Crippen LogP contribution in [0.15, 0.2) is 12.4 Å². The fourth-order valence-electron chi connectivity index (χ4n) is 3.27. The number of rotatable bonds is 7. The van der Waals surface area contributed by atoms with E-state index in [1.54, 1.807) is 19.4 Å². The molecule has 1 aromatic rings. The molecule has 8 heteroatoms. The highest BCUT2D eigenvalue weighted by atomic mass is 16.2. The second-order valence-electron chi connectivity index (χ2n) is 6.44. The Labute approximate surface area is 142 Å². The summed E-state index contributed by atoms with van der Waals surface area (Å²) in [7, 11) is 1.60. The van der Waals surface area contributed by atoms with Gasteiger partial charge >= 0.3 is 0 Å². The molecule has 1 aromatic heterocycles. The molecule has 0 unspecified atom stereocenters. The lowest BCUT2D eigenvalue weighted by molar-refractivity contribution is -0.135. The number of nitrogen functional groups attached to an aromatic ring is 1. The molecule has 1 saturated carbocycles. The minimum Gasteiger partial charge on any atom is -0.369 e. The second kappa shape index (κ2) is 8.14. The maximum absolute atomic E-state index is 12.4. The maximum atomic E-state index is 12.4. The number of nitrogens with zero attached hydrogens (tertiary/aromatic N) is 2. The Morgan fingerprint density at radius 2 is 2.08 bits per heavy atom. The topological polar surface area (TPSA) is 128 Å². The number of amides is 2. The summed E-state index contributed by atoms with van der Waals surface area (Å²) < 4.78 is 1.82. The van der Waals surface area contributed by atoms with Gasteiger partial charge in [-0.05, 0) is 25.7 Å². The molecule has 1 aliphatic carbocycles. The van der Waals surface area contributed by atoms with Gasteiger partial charge in [-0.2, -0.15) is 0 Å². The van der Waals surface area contributed by atoms with Gasteiger partial charge in [0, 0.05) is 26.0 Å². The van der Waals surface area contributed by atoms with Crippen molar-refractivity contribution in [3.05, 3.63) is 12.4 Å². The molecule has 1 aliphatic rings. The number of nitrogens with two attached hydrogens (primary N) is 2. The van der Waals surface area contributed by atoms with E-state index in [0.717, 1.165) is 19.3 Å². The smallest absolute Gasteiger partial charge is 0.245 e. The molecular weight excluding hydrogens is 308 g/mol. The van der Waals surface area contributed by atoms with E-state index in [0.29, 0.717) is 38.2 Å². The van der Waals surface area contributed by atoms with E-state index < -0.39 is 11.6 Å². The molecule has 0 aliphatic heterocycles. The molecule has 134 valence electrons. The lowest BCUT2D eigenvalue weighted by Gasteiger charge is -2.37. The van der Waals surface area contributed by atoms with Crippen LogP contribution in [0.25, 0.3) is 0 Å². The number of likely N-dealkylation sites (N-methyl/N-ethyl adjacent to an activating group) is 1. The van der Waals surface area contributed by atoms with Crippen molar-refractivity contribution in [2.75, 3.05) is 12.8 Å². The molecule has 0 aromatic carbocycles. The molecule has 2 rings (SSSR count). The number of carbonyl (C=O) groups is 2. The van der Waals surface area contributed by atoms with E-state index >= 15 is 0 Å². The third-order valence-corrected chi connectivity index (χ3v) is 4.73. The van der Waals surface area contributed by atoms with Crippen molar-refractivity contribution in [2.24, 2.45) is 5.73 Å². The molecule has 24 heavy (non-hydrogen) atoms. The second-order valence-corrected chi connectivity index (χ2v) is 6.44. The molecule has 1 fully saturated rings. The monoisotopic (exact) mass is 336 g/mol. The predicted molar refractivity (Wildman–Crippen MR) is 91.9 cm³/mol. The van der Waals surface area contributed by atoms with Gasteiger partial charge in [0.15, 0.2) is 5.95 Å². The number of hydrogen-bond acceptors (Lipinski definition) is 5. The number of nitrogens with one attached hydrogen (secondary N) is 2. The molecule has 0 bridgehead atoms. The minimum absolute atomic E-state index is 0.131.